The van der Waals surface area contributed by atoms with E-state index in [-0.39, 0.29) is 29.6 Å². The summed E-state index contributed by atoms with van der Waals surface area (Å²) in [6, 6.07) is 0. The smallest absolute Gasteiger partial charge is 0.329 e. The molecule has 0 spiro atoms. The van der Waals surface area contributed by atoms with E-state index in [9.17, 15) is 9.59 Å². The van der Waals surface area contributed by atoms with Gasteiger partial charge in [0.1, 0.15) is 0 Å². The molecule has 0 radical (unpaired) electrons. The average Bonchev–Trinajstić information content (AvgIpc) is 2.80. The minimum Gasteiger partial charge on any atom is -0.329 e. The molecule has 0 atom stereocenters. The summed E-state index contributed by atoms with van der Waals surface area (Å²) in [5.74, 6) is 0. The van der Waals surface area contributed by atoms with Crippen LogP contribution in [0.15, 0.2) is 9.59 Å². The molecule has 2 aromatic heterocycles. The van der Waals surface area contributed by atoms with Crippen molar-refractivity contribution in [3.63, 3.8) is 0 Å². The van der Waals surface area contributed by atoms with E-state index in [0.717, 1.165) is 23.8 Å². The first kappa shape index (κ1) is 14.8. The number of imidazole rings is 1. The molecular weight excluding hydrogens is 282 g/mol. The third-order valence-electron chi connectivity index (χ3n) is 3.17. The lowest BCUT2D eigenvalue weighted by Crippen LogP contribution is -2.41. The van der Waals surface area contributed by atoms with Crippen molar-refractivity contribution in [3.05, 3.63) is 26.1 Å². The van der Waals surface area contributed by atoms with E-state index in [0.29, 0.717) is 12.2 Å². The Hall–Kier alpha value is -1.60. The molecule has 2 heterocycles. The molecule has 2 rings (SSSR count). The first-order chi connectivity index (χ1) is 9.60. The fourth-order valence-electron chi connectivity index (χ4n) is 2.19. The van der Waals surface area contributed by atoms with Gasteiger partial charge in [0.2, 0.25) is 5.28 Å². The highest BCUT2D eigenvalue weighted by atomic mass is 35.5. The fourth-order valence-corrected chi connectivity index (χ4v) is 2.36. The van der Waals surface area contributed by atoms with Crippen molar-refractivity contribution in [2.24, 2.45) is 5.73 Å². The second-order valence-corrected chi connectivity index (χ2v) is 4.97. The third-order valence-corrected chi connectivity index (χ3v) is 3.35. The Morgan fingerprint density at radius 1 is 1.25 bits per heavy atom. The van der Waals surface area contributed by atoms with E-state index < -0.39 is 5.56 Å². The molecule has 7 nitrogen and oxygen atoms in total. The number of fused-ring (bicyclic) bond motifs is 1. The number of rotatable bonds is 6. The monoisotopic (exact) mass is 299 g/mol. The van der Waals surface area contributed by atoms with Crippen LogP contribution in [0.4, 0.5) is 0 Å². The second kappa shape index (κ2) is 6.23. The fraction of sp³-hybridized carbons (Fsp3) is 0.583. The maximum absolute atomic E-state index is 12.4. The topological polar surface area (TPSA) is 98.7 Å². The first-order valence-corrected chi connectivity index (χ1v) is 7.06. The SMILES string of the molecule is CCCCCn1c(=O)n(CCN)c(=O)c2[nH]c(Cl)nc21. The molecule has 0 aromatic carbocycles. The molecule has 0 unspecified atom stereocenters. The lowest BCUT2D eigenvalue weighted by Gasteiger charge is -2.10. The summed E-state index contributed by atoms with van der Waals surface area (Å²) in [4.78, 5) is 31.3. The Kier molecular flexibility index (Phi) is 4.61. The Morgan fingerprint density at radius 3 is 2.65 bits per heavy atom. The van der Waals surface area contributed by atoms with Crippen LogP contribution in [0.2, 0.25) is 5.28 Å². The number of halogens is 1. The standard InChI is InChI=1S/C12H18ClN5O2/c1-2-3-4-6-17-9-8(15-11(13)16-9)10(19)18(7-5-14)12(17)20/h2-7,14H2,1H3,(H,15,16). The molecule has 0 bridgehead atoms. The minimum atomic E-state index is -0.429. The van der Waals surface area contributed by atoms with Crippen LogP contribution >= 0.6 is 11.6 Å². The summed E-state index contributed by atoms with van der Waals surface area (Å²) >= 11 is 5.82. The van der Waals surface area contributed by atoms with Crippen molar-refractivity contribution >= 4 is 22.8 Å². The van der Waals surface area contributed by atoms with Crippen LogP contribution in [0.1, 0.15) is 26.2 Å². The zero-order valence-corrected chi connectivity index (χ0v) is 12.1. The lowest BCUT2D eigenvalue weighted by atomic mass is 10.2. The Bertz CT molecular complexity index is 715. The number of aryl methyl sites for hydroxylation is 1. The number of nitrogens with zero attached hydrogens (tertiary/aromatic N) is 3. The molecule has 110 valence electrons. The predicted molar refractivity (Wildman–Crippen MR) is 78.2 cm³/mol. The zero-order valence-electron chi connectivity index (χ0n) is 11.4. The van der Waals surface area contributed by atoms with Crippen molar-refractivity contribution in [2.45, 2.75) is 39.3 Å². The van der Waals surface area contributed by atoms with Gasteiger partial charge in [-0.25, -0.2) is 4.79 Å². The van der Waals surface area contributed by atoms with Crippen molar-refractivity contribution in [1.82, 2.24) is 19.1 Å². The van der Waals surface area contributed by atoms with Crippen molar-refractivity contribution in [2.75, 3.05) is 6.54 Å². The number of hydrogen-bond donors (Lipinski definition) is 2. The molecule has 2 aromatic rings. The van der Waals surface area contributed by atoms with E-state index in [2.05, 4.69) is 16.9 Å². The van der Waals surface area contributed by atoms with Crippen LogP contribution in [-0.4, -0.2) is 25.6 Å². The van der Waals surface area contributed by atoms with Gasteiger partial charge in [0.05, 0.1) is 0 Å². The molecule has 3 N–H and O–H groups in total. The maximum atomic E-state index is 12.4. The molecule has 0 aliphatic rings. The van der Waals surface area contributed by atoms with Crippen LogP contribution in [0.3, 0.4) is 0 Å². The van der Waals surface area contributed by atoms with Gasteiger partial charge in [-0.2, -0.15) is 4.98 Å². The third kappa shape index (κ3) is 2.64. The van der Waals surface area contributed by atoms with Gasteiger partial charge in [0.25, 0.3) is 5.56 Å². The number of H-pyrrole nitrogens is 1. The van der Waals surface area contributed by atoms with Crippen molar-refractivity contribution < 1.29 is 0 Å². The van der Waals surface area contributed by atoms with Gasteiger partial charge in [0.15, 0.2) is 11.2 Å². The number of hydrogen-bond acceptors (Lipinski definition) is 4. The highest BCUT2D eigenvalue weighted by Gasteiger charge is 2.16. The van der Waals surface area contributed by atoms with Crippen LogP contribution in [-0.2, 0) is 13.1 Å². The number of aromatic nitrogens is 4. The number of aromatic amines is 1. The van der Waals surface area contributed by atoms with Crippen LogP contribution in [0.5, 0.6) is 0 Å². The molecule has 0 aliphatic heterocycles. The molecule has 0 saturated carbocycles. The van der Waals surface area contributed by atoms with E-state index in [1.54, 1.807) is 0 Å². The van der Waals surface area contributed by atoms with E-state index in [4.69, 9.17) is 17.3 Å². The Balaban J connectivity index is 2.63. The van der Waals surface area contributed by atoms with E-state index in [1.807, 2.05) is 0 Å². The van der Waals surface area contributed by atoms with Crippen molar-refractivity contribution in [3.8, 4) is 0 Å². The first-order valence-electron chi connectivity index (χ1n) is 6.69. The van der Waals surface area contributed by atoms with Crippen LogP contribution < -0.4 is 17.0 Å². The highest BCUT2D eigenvalue weighted by Crippen LogP contribution is 2.10. The summed E-state index contributed by atoms with van der Waals surface area (Å²) < 4.78 is 2.62. The minimum absolute atomic E-state index is 0.103. The number of nitrogens with two attached hydrogens (primary N) is 1. The molecular formula is C12H18ClN5O2. The van der Waals surface area contributed by atoms with Gasteiger partial charge in [0, 0.05) is 19.6 Å². The van der Waals surface area contributed by atoms with Gasteiger partial charge in [-0.1, -0.05) is 19.8 Å². The van der Waals surface area contributed by atoms with Crippen LogP contribution in [0, 0.1) is 0 Å². The Morgan fingerprint density at radius 2 is 2.00 bits per heavy atom. The number of unbranched alkanes of at least 4 members (excludes halogenated alkanes) is 2. The quantitative estimate of drug-likeness (QED) is 0.605. The zero-order chi connectivity index (χ0) is 14.7. The highest BCUT2D eigenvalue weighted by molar-refractivity contribution is 6.28. The second-order valence-electron chi connectivity index (χ2n) is 4.61. The van der Waals surface area contributed by atoms with Gasteiger partial charge >= 0.3 is 5.69 Å². The molecule has 0 aliphatic carbocycles. The van der Waals surface area contributed by atoms with Gasteiger partial charge < -0.3 is 10.7 Å². The van der Waals surface area contributed by atoms with Gasteiger partial charge in [-0.05, 0) is 18.0 Å². The normalized spacial score (nSPS) is 11.3. The van der Waals surface area contributed by atoms with Gasteiger partial charge in [-0.15, -0.1) is 0 Å². The average molecular weight is 300 g/mol. The Labute approximate surface area is 120 Å². The summed E-state index contributed by atoms with van der Waals surface area (Å²) in [5, 5.41) is 0.103. The molecule has 20 heavy (non-hydrogen) atoms. The summed E-state index contributed by atoms with van der Waals surface area (Å²) in [7, 11) is 0. The lowest BCUT2D eigenvalue weighted by molar-refractivity contribution is 0.541. The molecule has 8 heteroatoms. The summed E-state index contributed by atoms with van der Waals surface area (Å²) in [5.41, 5.74) is 5.21. The van der Waals surface area contributed by atoms with E-state index >= 15 is 0 Å². The van der Waals surface area contributed by atoms with Crippen molar-refractivity contribution in [1.29, 1.82) is 0 Å². The molecule has 0 fully saturated rings. The number of nitrogens with one attached hydrogen (secondary N) is 1. The van der Waals surface area contributed by atoms with Gasteiger partial charge in [-0.3, -0.25) is 13.9 Å². The van der Waals surface area contributed by atoms with Crippen LogP contribution in [0.25, 0.3) is 11.2 Å². The summed E-state index contributed by atoms with van der Waals surface area (Å²) in [6.45, 7) is 2.99. The predicted octanol–water partition coefficient (Wildman–Crippen LogP) is 0.689. The maximum Gasteiger partial charge on any atom is 0.332 e. The molecule has 0 saturated heterocycles. The molecule has 0 amide bonds. The largest absolute Gasteiger partial charge is 0.332 e. The summed E-state index contributed by atoms with van der Waals surface area (Å²) in [6.07, 6.45) is 2.89. The van der Waals surface area contributed by atoms with E-state index in [1.165, 1.54) is 4.57 Å².